The minimum atomic E-state index is 0.836. The van der Waals surface area contributed by atoms with Gasteiger partial charge >= 0.3 is 0 Å². The molecule has 7 aromatic heterocycles. The Morgan fingerprint density at radius 2 is 0.746 bits per heavy atom. The lowest BCUT2D eigenvalue weighted by Crippen LogP contribution is -1.94. The number of nitrogens with zero attached hydrogens (tertiary/aromatic N) is 6. The molecule has 63 heavy (non-hydrogen) atoms. The minimum Gasteiger partial charge on any atom is -0.456 e. The predicted molar refractivity (Wildman–Crippen MR) is 255 cm³/mol. The summed E-state index contributed by atoms with van der Waals surface area (Å²) >= 11 is 0. The maximum Gasteiger partial charge on any atom is 0.135 e. The lowest BCUT2D eigenvalue weighted by Gasteiger charge is -2.10. The van der Waals surface area contributed by atoms with Crippen LogP contribution in [-0.2, 0) is 0 Å². The number of furan rings is 1. The van der Waals surface area contributed by atoms with Gasteiger partial charge in [0.25, 0.3) is 0 Å². The van der Waals surface area contributed by atoms with Crippen molar-refractivity contribution in [3.63, 3.8) is 0 Å². The van der Waals surface area contributed by atoms with E-state index in [1.165, 1.54) is 0 Å². The van der Waals surface area contributed by atoms with Gasteiger partial charge in [-0.1, -0.05) is 60.7 Å². The van der Waals surface area contributed by atoms with Gasteiger partial charge in [-0.2, -0.15) is 0 Å². The van der Waals surface area contributed by atoms with E-state index in [1.54, 1.807) is 12.4 Å². The van der Waals surface area contributed by atoms with Crippen molar-refractivity contribution in [1.82, 2.24) is 29.1 Å². The summed E-state index contributed by atoms with van der Waals surface area (Å²) in [4.78, 5) is 18.5. The second kappa shape index (κ2) is 13.9. The quantitative estimate of drug-likeness (QED) is 0.167. The molecule has 0 aliphatic heterocycles. The Kier molecular flexibility index (Phi) is 7.77. The molecule has 0 N–H and O–H groups in total. The number of fused-ring (bicyclic) bond motifs is 9. The molecule has 0 atom stereocenters. The maximum absolute atomic E-state index is 6.51. The largest absolute Gasteiger partial charge is 0.456 e. The fourth-order valence-electron chi connectivity index (χ4n) is 9.44. The van der Waals surface area contributed by atoms with Crippen molar-refractivity contribution >= 4 is 65.8 Å². The lowest BCUT2D eigenvalue weighted by molar-refractivity contribution is 0.669. The van der Waals surface area contributed by atoms with Gasteiger partial charge in [0, 0.05) is 81.2 Å². The Balaban J connectivity index is 0.929. The highest BCUT2D eigenvalue weighted by atomic mass is 16.3. The Hall–Kier alpha value is -8.68. The van der Waals surface area contributed by atoms with Crippen molar-refractivity contribution < 1.29 is 4.42 Å². The zero-order chi connectivity index (χ0) is 41.4. The Morgan fingerprint density at radius 1 is 0.317 bits per heavy atom. The van der Waals surface area contributed by atoms with Crippen molar-refractivity contribution in [2.45, 2.75) is 0 Å². The van der Waals surface area contributed by atoms with Crippen molar-refractivity contribution in [2.75, 3.05) is 0 Å². The summed E-state index contributed by atoms with van der Waals surface area (Å²) in [5.74, 6) is 0. The molecule has 6 aromatic carbocycles. The normalized spacial score (nSPS) is 11.8. The first-order valence-corrected chi connectivity index (χ1v) is 21.0. The number of benzene rings is 6. The Labute approximate surface area is 360 Å². The summed E-state index contributed by atoms with van der Waals surface area (Å²) in [5.41, 5.74) is 18.9. The van der Waals surface area contributed by atoms with Crippen LogP contribution >= 0.6 is 0 Å². The molecule has 0 saturated heterocycles. The molecule has 0 spiro atoms. The van der Waals surface area contributed by atoms with Gasteiger partial charge in [0.1, 0.15) is 11.2 Å². The van der Waals surface area contributed by atoms with Gasteiger partial charge < -0.3 is 13.6 Å². The van der Waals surface area contributed by atoms with Gasteiger partial charge in [-0.05, 0) is 143 Å². The second-order valence-electron chi connectivity index (χ2n) is 16.0. The van der Waals surface area contributed by atoms with Crippen LogP contribution in [0, 0.1) is 0 Å². The van der Waals surface area contributed by atoms with Gasteiger partial charge in [-0.3, -0.25) is 19.9 Å². The van der Waals surface area contributed by atoms with Crippen LogP contribution < -0.4 is 0 Å². The van der Waals surface area contributed by atoms with Gasteiger partial charge in [0.15, 0.2) is 0 Å². The summed E-state index contributed by atoms with van der Waals surface area (Å²) in [5, 5.41) is 4.28. The van der Waals surface area contributed by atoms with Crippen molar-refractivity contribution in [3.05, 3.63) is 207 Å². The third-order valence-corrected chi connectivity index (χ3v) is 12.4. The van der Waals surface area contributed by atoms with Crippen LogP contribution in [0.1, 0.15) is 0 Å². The Bertz CT molecular complexity index is 3670. The summed E-state index contributed by atoms with van der Waals surface area (Å²) in [6.07, 6.45) is 11.2. The van der Waals surface area contributed by atoms with E-state index in [1.807, 2.05) is 49.1 Å². The molecule has 13 rings (SSSR count). The minimum absolute atomic E-state index is 0.836. The van der Waals surface area contributed by atoms with Crippen LogP contribution in [-0.4, -0.2) is 29.1 Å². The topological polar surface area (TPSA) is 74.6 Å². The van der Waals surface area contributed by atoms with Gasteiger partial charge in [-0.15, -0.1) is 0 Å². The number of hydrogen-bond donors (Lipinski definition) is 0. The van der Waals surface area contributed by atoms with E-state index in [0.29, 0.717) is 0 Å². The standard InChI is InChI=1S/C56H34N6O/c1-7-35(27-37(9-1)41-11-3-23-57-33-41)39-15-19-49-47(29-39)55-51(13-5-25-59-55)61(49)43-17-21-53-45(31-43)46-32-44(18-22-54(46)63-53)62-50-20-16-40(30-48(50)56-52(62)14-6-26-60-56)36-8-2-10-38(28-36)42-12-4-24-58-34-42/h1-34H. The number of hydrogen-bond acceptors (Lipinski definition) is 5. The van der Waals surface area contributed by atoms with Crippen molar-refractivity contribution in [2.24, 2.45) is 0 Å². The van der Waals surface area contributed by atoms with E-state index < -0.39 is 0 Å². The average molecular weight is 807 g/mol. The molecule has 7 nitrogen and oxygen atoms in total. The zero-order valence-corrected chi connectivity index (χ0v) is 33.7. The molecule has 13 aromatic rings. The maximum atomic E-state index is 6.51. The van der Waals surface area contributed by atoms with Gasteiger partial charge in [-0.25, -0.2) is 0 Å². The number of pyridine rings is 4. The number of rotatable bonds is 6. The number of aromatic nitrogens is 6. The fraction of sp³-hybridized carbons (Fsp3) is 0. The molecular formula is C56H34N6O. The first kappa shape index (κ1) is 35.1. The first-order chi connectivity index (χ1) is 31.2. The van der Waals surface area contributed by atoms with E-state index in [4.69, 9.17) is 14.4 Å². The fourth-order valence-corrected chi connectivity index (χ4v) is 9.44. The van der Waals surface area contributed by atoms with Crippen molar-refractivity contribution in [3.8, 4) is 55.9 Å². The highest BCUT2D eigenvalue weighted by Gasteiger charge is 2.19. The molecule has 0 aliphatic carbocycles. The van der Waals surface area contributed by atoms with Crippen LogP contribution in [0.4, 0.5) is 0 Å². The third-order valence-electron chi connectivity index (χ3n) is 12.4. The molecule has 0 amide bonds. The molecule has 0 unspecified atom stereocenters. The van der Waals surface area contributed by atoms with E-state index in [-0.39, 0.29) is 0 Å². The average Bonchev–Trinajstić information content (AvgIpc) is 4.01. The highest BCUT2D eigenvalue weighted by molar-refractivity contribution is 6.12. The second-order valence-corrected chi connectivity index (χ2v) is 16.0. The molecule has 0 radical (unpaired) electrons. The Morgan fingerprint density at radius 3 is 1.21 bits per heavy atom. The van der Waals surface area contributed by atoms with E-state index in [2.05, 4.69) is 165 Å². The summed E-state index contributed by atoms with van der Waals surface area (Å²) < 4.78 is 11.1. The van der Waals surface area contributed by atoms with Crippen LogP contribution in [0.2, 0.25) is 0 Å². The molecule has 0 saturated carbocycles. The van der Waals surface area contributed by atoms with Gasteiger partial charge in [0.2, 0.25) is 0 Å². The smallest absolute Gasteiger partial charge is 0.135 e. The molecule has 0 bridgehead atoms. The summed E-state index contributed by atoms with van der Waals surface area (Å²) in [6.45, 7) is 0. The van der Waals surface area contributed by atoms with Crippen LogP contribution in [0.15, 0.2) is 211 Å². The van der Waals surface area contributed by atoms with E-state index in [0.717, 1.165) is 122 Å². The van der Waals surface area contributed by atoms with Crippen molar-refractivity contribution in [1.29, 1.82) is 0 Å². The zero-order valence-electron chi connectivity index (χ0n) is 33.7. The van der Waals surface area contributed by atoms with E-state index >= 15 is 0 Å². The SMILES string of the molecule is c1cncc(-c2cccc(-c3ccc4c(c3)c3ncccc3n4-c3ccc4oc5ccc(-n6c7ccc(-c8cccc(-c9cccnc9)c8)cc7c7ncccc76)cc5c4c3)c2)c1. The molecule has 7 heterocycles. The molecule has 0 aliphatic rings. The lowest BCUT2D eigenvalue weighted by atomic mass is 9.99. The first-order valence-electron chi connectivity index (χ1n) is 21.0. The monoisotopic (exact) mass is 806 g/mol. The molecule has 0 fully saturated rings. The summed E-state index contributed by atoms with van der Waals surface area (Å²) in [6, 6.07) is 60.1. The van der Waals surface area contributed by atoms with Gasteiger partial charge in [0.05, 0.1) is 33.1 Å². The van der Waals surface area contributed by atoms with E-state index in [9.17, 15) is 0 Å². The van der Waals surface area contributed by atoms with Crippen LogP contribution in [0.25, 0.3) is 122 Å². The van der Waals surface area contributed by atoms with Crippen LogP contribution in [0.5, 0.6) is 0 Å². The molecular weight excluding hydrogens is 773 g/mol. The molecule has 294 valence electrons. The van der Waals surface area contributed by atoms with Crippen LogP contribution in [0.3, 0.4) is 0 Å². The molecule has 7 heteroatoms. The summed E-state index contributed by atoms with van der Waals surface area (Å²) in [7, 11) is 0. The predicted octanol–water partition coefficient (Wildman–Crippen LogP) is 14.0. The third kappa shape index (κ3) is 5.67. The highest BCUT2D eigenvalue weighted by Crippen LogP contribution is 2.40.